The minimum atomic E-state index is -0.920. The zero-order chi connectivity index (χ0) is 15.9. The summed E-state index contributed by atoms with van der Waals surface area (Å²) >= 11 is 11.9. The van der Waals surface area contributed by atoms with Crippen LogP contribution in [0.15, 0.2) is 18.2 Å². The van der Waals surface area contributed by atoms with E-state index < -0.39 is 23.2 Å². The zero-order valence-electron chi connectivity index (χ0n) is 12.1. The molecule has 0 heterocycles. The highest BCUT2D eigenvalue weighted by Gasteiger charge is 2.66. The Balaban J connectivity index is 2.09. The van der Waals surface area contributed by atoms with Crippen LogP contribution in [-0.4, -0.2) is 28.9 Å². The third-order valence-corrected chi connectivity index (χ3v) is 4.75. The van der Waals surface area contributed by atoms with E-state index in [9.17, 15) is 9.59 Å². The third-order valence-electron chi connectivity index (χ3n) is 4.16. The van der Waals surface area contributed by atoms with Crippen LogP contribution < -0.4 is 0 Å². The topological polar surface area (TPSA) is 57.6 Å². The molecule has 4 nitrogen and oxygen atoms in total. The van der Waals surface area contributed by atoms with Gasteiger partial charge in [-0.25, -0.2) is 0 Å². The van der Waals surface area contributed by atoms with E-state index in [1.54, 1.807) is 39.1 Å². The van der Waals surface area contributed by atoms with Crippen molar-refractivity contribution in [2.24, 2.45) is 17.3 Å². The molecule has 1 aromatic rings. The average molecular weight is 330 g/mol. The van der Waals surface area contributed by atoms with Crippen molar-refractivity contribution < 1.29 is 14.7 Å². The van der Waals surface area contributed by atoms with E-state index in [0.717, 1.165) is 5.56 Å². The first-order chi connectivity index (χ1) is 9.66. The van der Waals surface area contributed by atoms with Crippen LogP contribution in [0, 0.1) is 17.3 Å². The van der Waals surface area contributed by atoms with Gasteiger partial charge in [0.05, 0.1) is 11.8 Å². The maximum atomic E-state index is 12.4. The Hall–Kier alpha value is -1.26. The van der Waals surface area contributed by atoms with E-state index in [0.29, 0.717) is 16.6 Å². The molecule has 0 radical (unpaired) electrons. The fraction of sp³-hybridized carbons (Fsp3) is 0.467. The highest BCUT2D eigenvalue weighted by atomic mass is 35.5. The average Bonchev–Trinajstić information content (AvgIpc) is 2.95. The number of aliphatic carboxylic acids is 1. The summed E-state index contributed by atoms with van der Waals surface area (Å²) in [5.41, 5.74) is 0.281. The predicted molar refractivity (Wildman–Crippen MR) is 81.3 cm³/mol. The number of carbonyl (C=O) groups excluding carboxylic acids is 1. The van der Waals surface area contributed by atoms with Crippen molar-refractivity contribution in [3.8, 4) is 0 Å². The summed E-state index contributed by atoms with van der Waals surface area (Å²) in [6.07, 6.45) is 0. The number of carboxylic acid groups (broad SMARTS) is 1. The normalized spacial score (nSPS) is 22.7. The number of amides is 1. The Labute approximate surface area is 133 Å². The van der Waals surface area contributed by atoms with Crippen LogP contribution in [0.25, 0.3) is 0 Å². The summed E-state index contributed by atoms with van der Waals surface area (Å²) in [4.78, 5) is 25.1. The first kappa shape index (κ1) is 16.1. The van der Waals surface area contributed by atoms with Crippen LogP contribution in [0.5, 0.6) is 0 Å². The number of halogens is 2. The van der Waals surface area contributed by atoms with E-state index in [4.69, 9.17) is 28.3 Å². The minimum absolute atomic E-state index is 0.168. The van der Waals surface area contributed by atoms with Crippen LogP contribution in [-0.2, 0) is 16.1 Å². The smallest absolute Gasteiger partial charge is 0.307 e. The molecule has 114 valence electrons. The molecule has 1 saturated carbocycles. The monoisotopic (exact) mass is 329 g/mol. The van der Waals surface area contributed by atoms with Gasteiger partial charge in [0.1, 0.15) is 0 Å². The van der Waals surface area contributed by atoms with Crippen LogP contribution in [0.4, 0.5) is 0 Å². The minimum Gasteiger partial charge on any atom is -0.481 e. The van der Waals surface area contributed by atoms with Gasteiger partial charge in [0.25, 0.3) is 0 Å². The van der Waals surface area contributed by atoms with Gasteiger partial charge in [-0.1, -0.05) is 43.1 Å². The van der Waals surface area contributed by atoms with Gasteiger partial charge in [-0.3, -0.25) is 9.59 Å². The third kappa shape index (κ3) is 3.01. The summed E-state index contributed by atoms with van der Waals surface area (Å²) in [5.74, 6) is -2.19. The largest absolute Gasteiger partial charge is 0.481 e. The van der Waals surface area contributed by atoms with Gasteiger partial charge >= 0.3 is 5.97 Å². The Morgan fingerprint density at radius 1 is 1.29 bits per heavy atom. The molecule has 0 aromatic heterocycles. The molecule has 6 heteroatoms. The number of hydrogen-bond donors (Lipinski definition) is 1. The van der Waals surface area contributed by atoms with Gasteiger partial charge < -0.3 is 10.0 Å². The van der Waals surface area contributed by atoms with Crippen molar-refractivity contribution in [1.82, 2.24) is 4.90 Å². The van der Waals surface area contributed by atoms with Crippen molar-refractivity contribution in [3.63, 3.8) is 0 Å². The van der Waals surface area contributed by atoms with E-state index >= 15 is 0 Å². The lowest BCUT2D eigenvalue weighted by atomic mass is 10.1. The van der Waals surface area contributed by atoms with Gasteiger partial charge in [0.15, 0.2) is 0 Å². The number of benzene rings is 1. The first-order valence-electron chi connectivity index (χ1n) is 6.58. The molecule has 2 rings (SSSR count). The molecule has 1 aliphatic carbocycles. The molecule has 1 aliphatic rings. The maximum absolute atomic E-state index is 12.4. The SMILES string of the molecule is CN(Cc1ccc(Cl)cc1Cl)C(=O)[C@H]1[C@@H](C(=O)O)C1(C)C. The molecule has 1 aromatic carbocycles. The molecule has 0 bridgehead atoms. The fourth-order valence-corrected chi connectivity index (χ4v) is 3.25. The molecule has 1 amide bonds. The molecule has 1 N–H and O–H groups in total. The number of hydrogen-bond acceptors (Lipinski definition) is 2. The van der Waals surface area contributed by atoms with Crippen molar-refractivity contribution in [2.75, 3.05) is 7.05 Å². The van der Waals surface area contributed by atoms with Crippen LogP contribution in [0.3, 0.4) is 0 Å². The molecule has 21 heavy (non-hydrogen) atoms. The van der Waals surface area contributed by atoms with Crippen LogP contribution in [0.1, 0.15) is 19.4 Å². The summed E-state index contributed by atoms with van der Waals surface area (Å²) in [6, 6.07) is 5.10. The molecule has 0 saturated heterocycles. The Kier molecular flexibility index (Phi) is 4.22. The summed E-state index contributed by atoms with van der Waals surface area (Å²) in [5, 5.41) is 10.2. The molecule has 2 atom stereocenters. The Morgan fingerprint density at radius 2 is 1.90 bits per heavy atom. The summed E-state index contributed by atoms with van der Waals surface area (Å²) in [6.45, 7) is 3.93. The van der Waals surface area contributed by atoms with E-state index in [1.165, 1.54) is 4.90 Å². The molecule has 1 fully saturated rings. The second-order valence-electron chi connectivity index (χ2n) is 6.04. The number of rotatable bonds is 4. The maximum Gasteiger partial charge on any atom is 0.307 e. The molecular formula is C15H17Cl2NO3. The molecular weight excluding hydrogens is 313 g/mol. The van der Waals surface area contributed by atoms with Gasteiger partial charge in [0.2, 0.25) is 5.91 Å². The molecule has 0 unspecified atom stereocenters. The number of carbonyl (C=O) groups is 2. The molecule has 0 aliphatic heterocycles. The van der Waals surface area contributed by atoms with Gasteiger partial charge in [0, 0.05) is 23.6 Å². The van der Waals surface area contributed by atoms with E-state index in [-0.39, 0.29) is 5.91 Å². The van der Waals surface area contributed by atoms with Crippen molar-refractivity contribution >= 4 is 35.1 Å². The zero-order valence-corrected chi connectivity index (χ0v) is 13.6. The second-order valence-corrected chi connectivity index (χ2v) is 6.89. The van der Waals surface area contributed by atoms with E-state index in [2.05, 4.69) is 0 Å². The van der Waals surface area contributed by atoms with Crippen molar-refractivity contribution in [2.45, 2.75) is 20.4 Å². The Morgan fingerprint density at radius 3 is 2.38 bits per heavy atom. The predicted octanol–water partition coefficient (Wildman–Crippen LogP) is 3.31. The van der Waals surface area contributed by atoms with Crippen molar-refractivity contribution in [3.05, 3.63) is 33.8 Å². The first-order valence-corrected chi connectivity index (χ1v) is 7.33. The van der Waals surface area contributed by atoms with Crippen LogP contribution >= 0.6 is 23.2 Å². The van der Waals surface area contributed by atoms with Gasteiger partial charge in [-0.05, 0) is 23.1 Å². The van der Waals surface area contributed by atoms with Gasteiger partial charge in [-0.15, -0.1) is 0 Å². The lowest BCUT2D eigenvalue weighted by Crippen LogP contribution is -2.29. The number of carboxylic acids is 1. The Bertz CT molecular complexity index is 601. The highest BCUT2D eigenvalue weighted by Crippen LogP contribution is 2.59. The molecule has 0 spiro atoms. The lowest BCUT2D eigenvalue weighted by Gasteiger charge is -2.19. The second kappa shape index (κ2) is 5.50. The van der Waals surface area contributed by atoms with Crippen molar-refractivity contribution in [1.29, 1.82) is 0 Å². The highest BCUT2D eigenvalue weighted by molar-refractivity contribution is 6.35. The van der Waals surface area contributed by atoms with Gasteiger partial charge in [-0.2, -0.15) is 0 Å². The number of nitrogens with zero attached hydrogens (tertiary/aromatic N) is 1. The standard InChI is InChI=1S/C15H17Cl2NO3/c1-15(2)11(12(15)14(20)21)13(19)18(3)7-8-4-5-9(16)6-10(8)17/h4-6,11-12H,7H2,1-3H3,(H,20,21)/t11-,12+/m1/s1. The van der Waals surface area contributed by atoms with Crippen LogP contribution in [0.2, 0.25) is 10.0 Å². The quantitative estimate of drug-likeness (QED) is 0.921. The fourth-order valence-electron chi connectivity index (χ4n) is 2.78. The lowest BCUT2D eigenvalue weighted by molar-refractivity contribution is -0.141. The summed E-state index contributed by atoms with van der Waals surface area (Å²) < 4.78 is 0. The van der Waals surface area contributed by atoms with E-state index in [1.807, 2.05) is 0 Å². The summed E-state index contributed by atoms with van der Waals surface area (Å²) in [7, 11) is 1.65.